The first kappa shape index (κ1) is 14.8. The maximum atomic E-state index is 14.1. The lowest BCUT2D eigenvalue weighted by Gasteiger charge is -2.19. The van der Waals surface area contributed by atoms with E-state index < -0.39 is 11.8 Å². The molecule has 1 atom stereocenters. The minimum absolute atomic E-state index is 0.00307. The van der Waals surface area contributed by atoms with Crippen molar-refractivity contribution in [3.8, 4) is 5.75 Å². The first-order valence-electron chi connectivity index (χ1n) is 6.63. The molecule has 0 aliphatic heterocycles. The summed E-state index contributed by atoms with van der Waals surface area (Å²) < 4.78 is 24.3. The van der Waals surface area contributed by atoms with Crippen LogP contribution in [0.5, 0.6) is 5.75 Å². The highest BCUT2D eigenvalue weighted by molar-refractivity contribution is 5.68. The first-order valence-corrected chi connectivity index (χ1v) is 6.63. The van der Waals surface area contributed by atoms with Crippen LogP contribution in [0, 0.1) is 11.7 Å². The molecule has 1 aliphatic rings. The molecule has 20 heavy (non-hydrogen) atoms. The number of hydrogen-bond donors (Lipinski definition) is 1. The second-order valence-corrected chi connectivity index (χ2v) is 5.17. The normalized spacial score (nSPS) is 15.9. The molecule has 1 N–H and O–H groups in total. The molecule has 0 spiro atoms. The highest BCUT2D eigenvalue weighted by Gasteiger charge is 2.36. The lowest BCUT2D eigenvalue weighted by atomic mass is 9.89. The molecular formula is C15H19FO4. The van der Waals surface area contributed by atoms with Gasteiger partial charge in [0.25, 0.3) is 0 Å². The summed E-state index contributed by atoms with van der Waals surface area (Å²) in [6.07, 6.45) is 1.96. The van der Waals surface area contributed by atoms with E-state index in [4.69, 9.17) is 14.6 Å². The Morgan fingerprint density at radius 1 is 1.45 bits per heavy atom. The van der Waals surface area contributed by atoms with Crippen molar-refractivity contribution in [2.45, 2.75) is 31.8 Å². The number of carbonyl (C=O) groups is 1. The van der Waals surface area contributed by atoms with Gasteiger partial charge < -0.3 is 14.6 Å². The monoisotopic (exact) mass is 282 g/mol. The van der Waals surface area contributed by atoms with E-state index in [0.717, 1.165) is 12.8 Å². The molecule has 4 nitrogen and oxygen atoms in total. The van der Waals surface area contributed by atoms with Crippen molar-refractivity contribution in [3.05, 3.63) is 29.1 Å². The summed E-state index contributed by atoms with van der Waals surface area (Å²) in [4.78, 5) is 11.1. The quantitative estimate of drug-likeness (QED) is 0.835. The standard InChI is InChI=1S/C15H19FO4/c1-19-8-9-5-12(15(20-2)13(16)6-9)11(7-14(17)18)10-3-4-10/h5-6,10-11H,3-4,7-8H2,1-2H3,(H,17,18). The van der Waals surface area contributed by atoms with Crippen LogP contribution < -0.4 is 4.74 Å². The molecule has 0 amide bonds. The molecule has 110 valence electrons. The van der Waals surface area contributed by atoms with Crippen molar-refractivity contribution in [2.24, 2.45) is 5.92 Å². The zero-order valence-electron chi connectivity index (χ0n) is 11.7. The highest BCUT2D eigenvalue weighted by Crippen LogP contribution is 2.47. The van der Waals surface area contributed by atoms with Crippen molar-refractivity contribution in [1.29, 1.82) is 0 Å². The number of rotatable bonds is 7. The third-order valence-corrected chi connectivity index (χ3v) is 3.63. The number of ether oxygens (including phenoxy) is 2. The Hall–Kier alpha value is -1.62. The molecule has 1 aromatic carbocycles. The Morgan fingerprint density at radius 2 is 2.15 bits per heavy atom. The van der Waals surface area contributed by atoms with Gasteiger partial charge in [0.05, 0.1) is 20.1 Å². The predicted octanol–water partition coefficient (Wildman–Crippen LogP) is 2.95. The molecule has 1 aromatic rings. The molecule has 1 aliphatic carbocycles. The minimum Gasteiger partial charge on any atom is -0.493 e. The molecule has 5 heteroatoms. The Balaban J connectivity index is 2.41. The van der Waals surface area contributed by atoms with Gasteiger partial charge >= 0.3 is 5.97 Å². The van der Waals surface area contributed by atoms with E-state index in [1.54, 1.807) is 6.07 Å². The second kappa shape index (κ2) is 6.22. The molecule has 0 heterocycles. The summed E-state index contributed by atoms with van der Waals surface area (Å²) in [6, 6.07) is 3.17. The SMILES string of the molecule is COCc1cc(F)c(OC)c(C(CC(=O)O)C2CC2)c1. The third-order valence-electron chi connectivity index (χ3n) is 3.63. The van der Waals surface area contributed by atoms with E-state index in [-0.39, 0.29) is 18.1 Å². The summed E-state index contributed by atoms with van der Waals surface area (Å²) in [5.74, 6) is -1.08. The molecule has 0 saturated heterocycles. The molecule has 0 radical (unpaired) electrons. The molecule has 1 saturated carbocycles. The van der Waals surface area contributed by atoms with Crippen molar-refractivity contribution in [1.82, 2.24) is 0 Å². The van der Waals surface area contributed by atoms with Gasteiger partial charge in [0.1, 0.15) is 0 Å². The number of carboxylic acids is 1. The van der Waals surface area contributed by atoms with Crippen LogP contribution in [0.15, 0.2) is 12.1 Å². The Morgan fingerprint density at radius 3 is 2.65 bits per heavy atom. The fourth-order valence-corrected chi connectivity index (χ4v) is 2.63. The van der Waals surface area contributed by atoms with Crippen molar-refractivity contribution in [2.75, 3.05) is 14.2 Å². The Bertz CT molecular complexity index is 497. The van der Waals surface area contributed by atoms with Gasteiger partial charge in [0.15, 0.2) is 11.6 Å². The minimum atomic E-state index is -0.874. The van der Waals surface area contributed by atoms with Gasteiger partial charge in [-0.2, -0.15) is 0 Å². The number of hydrogen-bond acceptors (Lipinski definition) is 3. The highest BCUT2D eigenvalue weighted by atomic mass is 19.1. The van der Waals surface area contributed by atoms with Crippen molar-refractivity contribution >= 4 is 5.97 Å². The number of aliphatic carboxylic acids is 1. The largest absolute Gasteiger partial charge is 0.493 e. The molecule has 0 aromatic heterocycles. The van der Waals surface area contributed by atoms with Gasteiger partial charge in [-0.25, -0.2) is 4.39 Å². The van der Waals surface area contributed by atoms with Crippen LogP contribution in [-0.2, 0) is 16.1 Å². The lowest BCUT2D eigenvalue weighted by Crippen LogP contribution is -2.11. The van der Waals surface area contributed by atoms with Gasteiger partial charge in [-0.15, -0.1) is 0 Å². The smallest absolute Gasteiger partial charge is 0.303 e. The van der Waals surface area contributed by atoms with Crippen molar-refractivity contribution in [3.63, 3.8) is 0 Å². The molecule has 0 bridgehead atoms. The fraction of sp³-hybridized carbons (Fsp3) is 0.533. The van der Waals surface area contributed by atoms with Gasteiger partial charge in [-0.1, -0.05) is 0 Å². The molecule has 1 unspecified atom stereocenters. The summed E-state index contributed by atoms with van der Waals surface area (Å²) in [7, 11) is 2.94. The zero-order chi connectivity index (χ0) is 14.7. The average Bonchev–Trinajstić information content (AvgIpc) is 3.19. The van der Waals surface area contributed by atoms with Crippen LogP contribution in [0.1, 0.15) is 36.3 Å². The van der Waals surface area contributed by atoms with E-state index in [2.05, 4.69) is 0 Å². The van der Waals surface area contributed by atoms with E-state index in [0.29, 0.717) is 23.7 Å². The molecule has 2 rings (SSSR count). The topological polar surface area (TPSA) is 55.8 Å². The van der Waals surface area contributed by atoms with Crippen LogP contribution in [0.2, 0.25) is 0 Å². The number of benzene rings is 1. The number of halogens is 1. The summed E-state index contributed by atoms with van der Waals surface area (Å²) in [5, 5.41) is 9.07. The van der Waals surface area contributed by atoms with Gasteiger partial charge in [0, 0.05) is 18.6 Å². The van der Waals surface area contributed by atoms with Crippen molar-refractivity contribution < 1.29 is 23.8 Å². The first-order chi connectivity index (χ1) is 9.56. The second-order valence-electron chi connectivity index (χ2n) is 5.17. The summed E-state index contributed by atoms with van der Waals surface area (Å²) in [6.45, 7) is 0.290. The maximum Gasteiger partial charge on any atom is 0.303 e. The van der Waals surface area contributed by atoms with Crippen LogP contribution in [0.4, 0.5) is 4.39 Å². The molecule has 1 fully saturated rings. The van der Waals surface area contributed by atoms with E-state index >= 15 is 0 Å². The van der Waals surface area contributed by atoms with Crippen LogP contribution >= 0.6 is 0 Å². The van der Waals surface area contributed by atoms with Crippen LogP contribution in [0.25, 0.3) is 0 Å². The number of methoxy groups -OCH3 is 2. The van der Waals surface area contributed by atoms with E-state index in [9.17, 15) is 9.18 Å². The van der Waals surface area contributed by atoms with E-state index in [1.165, 1.54) is 20.3 Å². The Labute approximate surface area is 117 Å². The van der Waals surface area contributed by atoms with Gasteiger partial charge in [0.2, 0.25) is 0 Å². The fourth-order valence-electron chi connectivity index (χ4n) is 2.63. The van der Waals surface area contributed by atoms with E-state index in [1.807, 2.05) is 0 Å². The maximum absolute atomic E-state index is 14.1. The lowest BCUT2D eigenvalue weighted by molar-refractivity contribution is -0.137. The van der Waals surface area contributed by atoms with Gasteiger partial charge in [-0.05, 0) is 36.5 Å². The molecular weight excluding hydrogens is 263 g/mol. The Kier molecular flexibility index (Phi) is 4.60. The average molecular weight is 282 g/mol. The van der Waals surface area contributed by atoms with Crippen LogP contribution in [-0.4, -0.2) is 25.3 Å². The van der Waals surface area contributed by atoms with Gasteiger partial charge in [-0.3, -0.25) is 4.79 Å². The van der Waals surface area contributed by atoms with Crippen LogP contribution in [0.3, 0.4) is 0 Å². The zero-order valence-corrected chi connectivity index (χ0v) is 11.7. The third kappa shape index (κ3) is 3.28. The summed E-state index contributed by atoms with van der Waals surface area (Å²) >= 11 is 0. The predicted molar refractivity (Wildman–Crippen MR) is 71.4 cm³/mol. The number of carboxylic acid groups (broad SMARTS) is 1. The summed E-state index contributed by atoms with van der Waals surface area (Å²) in [5.41, 5.74) is 1.33.